The van der Waals surface area contributed by atoms with E-state index >= 15 is 0 Å². The largest absolute Gasteiger partial charge is 0.494 e. The van der Waals surface area contributed by atoms with E-state index < -0.39 is 18.3 Å². The molecule has 3 heterocycles. The molecule has 0 aliphatic carbocycles. The van der Waals surface area contributed by atoms with Crippen LogP contribution in [0.5, 0.6) is 0 Å². The molecule has 2 aromatic heterocycles. The second-order valence-electron chi connectivity index (χ2n) is 12.8. The first-order chi connectivity index (χ1) is 22.2. The number of rotatable bonds is 5. The van der Waals surface area contributed by atoms with Crippen LogP contribution in [-0.2, 0) is 9.31 Å². The summed E-state index contributed by atoms with van der Waals surface area (Å²) < 4.78 is 18.6. The predicted molar refractivity (Wildman–Crippen MR) is 185 cm³/mol. The van der Waals surface area contributed by atoms with E-state index in [1.54, 1.807) is 0 Å². The number of fused-ring (bicyclic) bond motifs is 2. The van der Waals surface area contributed by atoms with Crippen LogP contribution in [0.2, 0.25) is 0 Å². The van der Waals surface area contributed by atoms with Crippen molar-refractivity contribution in [1.82, 2.24) is 15.0 Å². The fourth-order valence-corrected chi connectivity index (χ4v) is 5.81. The minimum atomic E-state index is -0.421. The molecule has 0 unspecified atom stereocenters. The Kier molecular flexibility index (Phi) is 6.64. The molecule has 46 heavy (non-hydrogen) atoms. The van der Waals surface area contributed by atoms with Crippen LogP contribution in [0.25, 0.3) is 67.2 Å². The predicted octanol–water partition coefficient (Wildman–Crippen LogP) is 8.74. The molecular formula is C39H32BN3O3. The van der Waals surface area contributed by atoms with Gasteiger partial charge in [0.2, 0.25) is 5.89 Å². The smallest absolute Gasteiger partial charge is 0.436 e. The Labute approximate surface area is 268 Å². The van der Waals surface area contributed by atoms with Gasteiger partial charge in [0.1, 0.15) is 5.52 Å². The van der Waals surface area contributed by atoms with Crippen molar-refractivity contribution in [2.45, 2.75) is 38.9 Å². The summed E-state index contributed by atoms with van der Waals surface area (Å²) in [6.45, 7) is 8.27. The molecule has 1 saturated heterocycles. The van der Waals surface area contributed by atoms with Crippen LogP contribution in [0, 0.1) is 0 Å². The minimum Gasteiger partial charge on any atom is -0.436 e. The van der Waals surface area contributed by atoms with Crippen molar-refractivity contribution in [3.8, 4) is 45.1 Å². The first kappa shape index (κ1) is 28.4. The molecular weight excluding hydrogens is 569 g/mol. The van der Waals surface area contributed by atoms with Gasteiger partial charge in [-0.2, -0.15) is 0 Å². The van der Waals surface area contributed by atoms with Crippen molar-refractivity contribution in [1.29, 1.82) is 0 Å². The molecule has 6 nitrogen and oxygen atoms in total. The molecule has 1 fully saturated rings. The highest BCUT2D eigenvalue weighted by Gasteiger charge is 2.51. The van der Waals surface area contributed by atoms with Gasteiger partial charge in [-0.15, -0.1) is 0 Å². The van der Waals surface area contributed by atoms with E-state index in [4.69, 9.17) is 28.7 Å². The average molecular weight is 602 g/mol. The molecule has 1 aliphatic rings. The maximum Gasteiger partial charge on any atom is 0.494 e. The molecule has 0 spiro atoms. The molecule has 0 N–H and O–H groups in total. The van der Waals surface area contributed by atoms with Gasteiger partial charge in [0.15, 0.2) is 5.58 Å². The number of hydrogen-bond donors (Lipinski definition) is 0. The van der Waals surface area contributed by atoms with E-state index in [0.717, 1.165) is 66.8 Å². The van der Waals surface area contributed by atoms with Crippen LogP contribution in [0.1, 0.15) is 27.7 Å². The fourth-order valence-electron chi connectivity index (χ4n) is 5.81. The average Bonchev–Trinajstić information content (AvgIpc) is 3.61. The number of benzene rings is 5. The van der Waals surface area contributed by atoms with Crippen molar-refractivity contribution in [3.05, 3.63) is 121 Å². The van der Waals surface area contributed by atoms with Gasteiger partial charge < -0.3 is 13.7 Å². The SMILES string of the molecule is CC1(C)OB(c2ccc(-c3nc4ccccc4nc3-c3ccc(-c4ccc5oc(-c6ccccc6)nc5c4)cc3)cc2)OC1(C)C. The molecule has 1 aliphatic heterocycles. The summed E-state index contributed by atoms with van der Waals surface area (Å²) in [7, 11) is -0.421. The topological polar surface area (TPSA) is 70.3 Å². The van der Waals surface area contributed by atoms with E-state index in [1.807, 2.05) is 60.7 Å². The van der Waals surface area contributed by atoms with Crippen LogP contribution >= 0.6 is 0 Å². The molecule has 7 heteroatoms. The highest BCUT2D eigenvalue weighted by molar-refractivity contribution is 6.62. The zero-order valence-electron chi connectivity index (χ0n) is 26.2. The first-order valence-electron chi connectivity index (χ1n) is 15.5. The Morgan fingerprint density at radius 2 is 1.00 bits per heavy atom. The second kappa shape index (κ2) is 10.8. The summed E-state index contributed by atoms with van der Waals surface area (Å²) >= 11 is 0. The van der Waals surface area contributed by atoms with Gasteiger partial charge in [-0.25, -0.2) is 15.0 Å². The summed E-state index contributed by atoms with van der Waals surface area (Å²) in [5.41, 5.74) is 10.2. The lowest BCUT2D eigenvalue weighted by Gasteiger charge is -2.32. The number of hydrogen-bond acceptors (Lipinski definition) is 6. The van der Waals surface area contributed by atoms with Crippen LogP contribution in [-0.4, -0.2) is 33.3 Å². The highest BCUT2D eigenvalue weighted by Crippen LogP contribution is 2.37. The number of nitrogens with zero attached hydrogens (tertiary/aromatic N) is 3. The van der Waals surface area contributed by atoms with Crippen LogP contribution in [0.3, 0.4) is 0 Å². The Balaban J connectivity index is 1.13. The zero-order chi connectivity index (χ0) is 31.5. The fraction of sp³-hybridized carbons (Fsp3) is 0.154. The van der Waals surface area contributed by atoms with Crippen molar-refractivity contribution >= 4 is 34.7 Å². The molecule has 224 valence electrons. The Hall–Kier alpha value is -5.11. The van der Waals surface area contributed by atoms with E-state index in [-0.39, 0.29) is 0 Å². The third-order valence-electron chi connectivity index (χ3n) is 9.18. The van der Waals surface area contributed by atoms with Crippen LogP contribution in [0.15, 0.2) is 126 Å². The van der Waals surface area contributed by atoms with Gasteiger partial charge in [0.25, 0.3) is 0 Å². The summed E-state index contributed by atoms with van der Waals surface area (Å²) in [5.74, 6) is 0.620. The molecule has 5 aromatic carbocycles. The van der Waals surface area contributed by atoms with Gasteiger partial charge in [0, 0.05) is 16.7 Å². The quantitative estimate of drug-likeness (QED) is 0.184. The number of oxazole rings is 1. The van der Waals surface area contributed by atoms with E-state index in [9.17, 15) is 0 Å². The second-order valence-corrected chi connectivity index (χ2v) is 12.8. The van der Waals surface area contributed by atoms with E-state index in [1.165, 1.54) is 0 Å². The molecule has 0 atom stereocenters. The minimum absolute atomic E-state index is 0.397. The Morgan fingerprint density at radius 1 is 0.478 bits per heavy atom. The highest BCUT2D eigenvalue weighted by atomic mass is 16.7. The first-order valence-corrected chi connectivity index (χ1v) is 15.5. The van der Waals surface area contributed by atoms with Crippen molar-refractivity contribution in [2.24, 2.45) is 0 Å². The zero-order valence-corrected chi connectivity index (χ0v) is 26.2. The van der Waals surface area contributed by atoms with Crippen molar-refractivity contribution in [3.63, 3.8) is 0 Å². The van der Waals surface area contributed by atoms with Crippen LogP contribution in [0.4, 0.5) is 0 Å². The lowest BCUT2D eigenvalue weighted by Crippen LogP contribution is -2.41. The lowest BCUT2D eigenvalue weighted by molar-refractivity contribution is 0.00578. The molecule has 8 rings (SSSR count). The maximum absolute atomic E-state index is 6.28. The molecule has 0 bridgehead atoms. The van der Waals surface area contributed by atoms with Crippen molar-refractivity contribution < 1.29 is 13.7 Å². The third kappa shape index (κ3) is 4.98. The van der Waals surface area contributed by atoms with Gasteiger partial charge in [-0.05, 0) is 80.7 Å². The summed E-state index contributed by atoms with van der Waals surface area (Å²) in [6, 6.07) is 40.8. The maximum atomic E-state index is 6.28. The molecule has 0 saturated carbocycles. The summed E-state index contributed by atoms with van der Waals surface area (Å²) in [6.07, 6.45) is 0. The molecule has 0 amide bonds. The Bertz CT molecular complexity index is 2190. The van der Waals surface area contributed by atoms with E-state index in [2.05, 4.69) is 88.4 Å². The number of aromatic nitrogens is 3. The molecule has 7 aromatic rings. The third-order valence-corrected chi connectivity index (χ3v) is 9.18. The lowest BCUT2D eigenvalue weighted by atomic mass is 9.78. The molecule has 0 radical (unpaired) electrons. The summed E-state index contributed by atoms with van der Waals surface area (Å²) in [4.78, 5) is 14.9. The van der Waals surface area contributed by atoms with Gasteiger partial charge in [-0.1, -0.05) is 84.9 Å². The standard InChI is InChI=1S/C39H32BN3O3/c1-38(2)39(3,4)46-40(45-38)30-21-18-27(19-22-30)36-35(41-31-12-8-9-13-32(31)42-36)26-16-14-25(15-17-26)29-20-23-34-33(24-29)43-37(44-34)28-10-6-5-7-11-28/h5-24H,1-4H3. The van der Waals surface area contributed by atoms with E-state index in [0.29, 0.717) is 5.89 Å². The summed E-state index contributed by atoms with van der Waals surface area (Å²) in [5, 5.41) is 0. The van der Waals surface area contributed by atoms with Gasteiger partial charge in [0.05, 0.1) is 33.6 Å². The Morgan fingerprint density at radius 3 is 1.61 bits per heavy atom. The van der Waals surface area contributed by atoms with Crippen molar-refractivity contribution in [2.75, 3.05) is 0 Å². The normalized spacial score (nSPS) is 15.5. The number of para-hydroxylation sites is 2. The monoisotopic (exact) mass is 601 g/mol. The van der Waals surface area contributed by atoms with Gasteiger partial charge >= 0.3 is 7.12 Å². The van der Waals surface area contributed by atoms with Gasteiger partial charge in [-0.3, -0.25) is 0 Å². The van der Waals surface area contributed by atoms with Crippen LogP contribution < -0.4 is 5.46 Å².